The molecule has 9 heteroatoms. The lowest BCUT2D eigenvalue weighted by Gasteiger charge is -2.38. The monoisotopic (exact) mass is 424 g/mol. The molecular formula is C21H20N4O4S. The number of hydrogen-bond donors (Lipinski definition) is 3. The molecule has 0 saturated carbocycles. The Hall–Kier alpha value is -3.43. The topological polar surface area (TPSA) is 111 Å². The van der Waals surface area contributed by atoms with Gasteiger partial charge in [0.05, 0.1) is 10.9 Å². The van der Waals surface area contributed by atoms with Gasteiger partial charge < -0.3 is 15.6 Å². The highest BCUT2D eigenvalue weighted by atomic mass is 32.2. The van der Waals surface area contributed by atoms with E-state index in [-0.39, 0.29) is 35.8 Å². The summed E-state index contributed by atoms with van der Waals surface area (Å²) in [6, 6.07) is 15.1. The summed E-state index contributed by atoms with van der Waals surface area (Å²) in [5.74, 6) is -0.641. The van der Waals surface area contributed by atoms with Crippen molar-refractivity contribution in [3.05, 3.63) is 72.9 Å². The fourth-order valence-electron chi connectivity index (χ4n) is 3.24. The summed E-state index contributed by atoms with van der Waals surface area (Å²) in [6.45, 7) is 3.79. The fourth-order valence-corrected chi connectivity index (χ4v) is 4.77. The van der Waals surface area contributed by atoms with Crippen LogP contribution in [0.15, 0.2) is 72.1 Å². The first kappa shape index (κ1) is 19.9. The van der Waals surface area contributed by atoms with E-state index in [4.69, 9.17) is 0 Å². The van der Waals surface area contributed by atoms with Crippen LogP contribution in [0.3, 0.4) is 0 Å². The molecule has 3 N–H and O–H groups in total. The number of para-hydroxylation sites is 1. The van der Waals surface area contributed by atoms with Gasteiger partial charge in [-0.2, -0.15) is 4.31 Å². The van der Waals surface area contributed by atoms with Gasteiger partial charge in [0.15, 0.2) is 0 Å². The molecule has 0 spiro atoms. The Balaban J connectivity index is 1.40. The molecule has 154 valence electrons. The molecule has 8 nitrogen and oxygen atoms in total. The number of sulfonamides is 1. The maximum Gasteiger partial charge on any atom is 0.272 e. The van der Waals surface area contributed by atoms with Crippen LogP contribution in [0.5, 0.6) is 0 Å². The lowest BCUT2D eigenvalue weighted by atomic mass is 10.2. The van der Waals surface area contributed by atoms with Crippen molar-refractivity contribution in [2.24, 2.45) is 0 Å². The van der Waals surface area contributed by atoms with Crippen molar-refractivity contribution in [1.82, 2.24) is 14.6 Å². The van der Waals surface area contributed by atoms with Gasteiger partial charge in [0.25, 0.3) is 5.91 Å². The number of H-pyrrole nitrogens is 1. The van der Waals surface area contributed by atoms with E-state index >= 15 is 0 Å². The minimum atomic E-state index is -3.66. The van der Waals surface area contributed by atoms with E-state index in [1.807, 2.05) is 24.3 Å². The van der Waals surface area contributed by atoms with E-state index in [0.717, 1.165) is 17.0 Å². The van der Waals surface area contributed by atoms with Crippen LogP contribution in [-0.2, 0) is 14.8 Å². The van der Waals surface area contributed by atoms with Crippen LogP contribution in [0.25, 0.3) is 10.9 Å². The number of aromatic nitrogens is 1. The molecule has 1 saturated heterocycles. The zero-order chi connectivity index (χ0) is 21.3. The molecule has 2 heterocycles. The molecular weight excluding hydrogens is 404 g/mol. The van der Waals surface area contributed by atoms with Crippen LogP contribution in [0.2, 0.25) is 0 Å². The molecule has 30 heavy (non-hydrogen) atoms. The van der Waals surface area contributed by atoms with E-state index in [1.54, 1.807) is 18.2 Å². The number of anilines is 1. The first-order chi connectivity index (χ1) is 14.4. The number of hydrogen-bond acceptors (Lipinski definition) is 4. The maximum atomic E-state index is 12.7. The Labute approximate surface area is 173 Å². The van der Waals surface area contributed by atoms with Crippen molar-refractivity contribution in [1.29, 1.82) is 0 Å². The summed E-state index contributed by atoms with van der Waals surface area (Å²) in [4.78, 5) is 26.9. The Morgan fingerprint density at radius 2 is 1.80 bits per heavy atom. The maximum absolute atomic E-state index is 12.7. The smallest absolute Gasteiger partial charge is 0.272 e. The normalized spacial score (nSPS) is 14.8. The van der Waals surface area contributed by atoms with Gasteiger partial charge >= 0.3 is 0 Å². The Morgan fingerprint density at radius 3 is 2.47 bits per heavy atom. The fraction of sp³-hybridized carbons (Fsp3) is 0.143. The molecule has 4 rings (SSSR count). The highest BCUT2D eigenvalue weighted by Crippen LogP contribution is 2.23. The van der Waals surface area contributed by atoms with Crippen LogP contribution < -0.4 is 10.6 Å². The molecule has 0 unspecified atom stereocenters. The second kappa shape index (κ2) is 7.77. The first-order valence-electron chi connectivity index (χ1n) is 9.29. The van der Waals surface area contributed by atoms with Crippen LogP contribution >= 0.6 is 0 Å². The van der Waals surface area contributed by atoms with Crippen molar-refractivity contribution in [3.63, 3.8) is 0 Å². The predicted octanol–water partition coefficient (Wildman–Crippen LogP) is 2.10. The summed E-state index contributed by atoms with van der Waals surface area (Å²) in [7, 11) is -3.66. The summed E-state index contributed by atoms with van der Waals surface area (Å²) < 4.78 is 26.6. The molecule has 3 aromatic rings. The summed E-state index contributed by atoms with van der Waals surface area (Å²) in [6.07, 6.45) is 1.15. The lowest BCUT2D eigenvalue weighted by molar-refractivity contribution is -0.117. The van der Waals surface area contributed by atoms with Crippen molar-refractivity contribution in [2.45, 2.75) is 10.9 Å². The minimum Gasteiger partial charge on any atom is -0.351 e. The van der Waals surface area contributed by atoms with Crippen molar-refractivity contribution >= 4 is 38.4 Å². The lowest BCUT2D eigenvalue weighted by Crippen LogP contribution is -2.60. The number of aromatic amines is 1. The van der Waals surface area contributed by atoms with E-state index in [2.05, 4.69) is 22.2 Å². The molecule has 0 atom stereocenters. The number of benzene rings is 2. The second-order valence-electron chi connectivity index (χ2n) is 6.98. The van der Waals surface area contributed by atoms with E-state index in [1.165, 1.54) is 16.4 Å². The highest BCUT2D eigenvalue weighted by molar-refractivity contribution is 7.89. The SMILES string of the molecule is C=CC(=O)NC1CN(S(=O)(=O)c2ccc(NC(=O)c3cc4ccccc4[nH]3)cc2)C1. The zero-order valence-corrected chi connectivity index (χ0v) is 16.8. The molecule has 0 radical (unpaired) electrons. The van der Waals surface area contributed by atoms with E-state index < -0.39 is 10.0 Å². The molecule has 1 aliphatic rings. The van der Waals surface area contributed by atoms with Gasteiger partial charge in [-0.25, -0.2) is 8.42 Å². The van der Waals surface area contributed by atoms with Gasteiger partial charge in [-0.1, -0.05) is 24.8 Å². The standard InChI is InChI=1S/C21H20N4O4S/c1-2-20(26)22-16-12-25(13-16)30(28,29)17-9-7-15(8-10-17)23-21(27)19-11-14-5-3-4-6-18(14)24-19/h2-11,16,24H,1,12-13H2,(H,22,26)(H,23,27). The van der Waals surface area contributed by atoms with Crippen LogP contribution in [0.4, 0.5) is 5.69 Å². The predicted molar refractivity (Wildman–Crippen MR) is 114 cm³/mol. The largest absolute Gasteiger partial charge is 0.351 e. The first-order valence-corrected chi connectivity index (χ1v) is 10.7. The van der Waals surface area contributed by atoms with Gasteiger partial charge in [0.1, 0.15) is 5.69 Å². The molecule has 2 aromatic carbocycles. The summed E-state index contributed by atoms with van der Waals surface area (Å²) >= 11 is 0. The third-order valence-corrected chi connectivity index (χ3v) is 6.75. The average molecular weight is 424 g/mol. The molecule has 0 bridgehead atoms. The average Bonchev–Trinajstić information content (AvgIpc) is 3.15. The molecule has 1 fully saturated rings. The number of nitrogens with zero attached hydrogens (tertiary/aromatic N) is 1. The molecule has 0 aliphatic carbocycles. The van der Waals surface area contributed by atoms with Gasteiger partial charge in [0.2, 0.25) is 15.9 Å². The highest BCUT2D eigenvalue weighted by Gasteiger charge is 2.37. The third-order valence-electron chi connectivity index (χ3n) is 4.90. The van der Waals surface area contributed by atoms with Crippen molar-refractivity contribution < 1.29 is 18.0 Å². The number of carbonyl (C=O) groups excluding carboxylic acids is 2. The number of amides is 2. The number of nitrogens with one attached hydrogen (secondary N) is 3. The molecule has 1 aliphatic heterocycles. The Bertz CT molecular complexity index is 1190. The minimum absolute atomic E-state index is 0.125. The van der Waals surface area contributed by atoms with Crippen molar-refractivity contribution in [2.75, 3.05) is 18.4 Å². The summed E-state index contributed by atoms with van der Waals surface area (Å²) in [5.41, 5.74) is 1.76. The summed E-state index contributed by atoms with van der Waals surface area (Å²) in [5, 5.41) is 6.35. The number of carbonyl (C=O) groups is 2. The van der Waals surface area contributed by atoms with Gasteiger partial charge in [0, 0.05) is 29.7 Å². The number of rotatable bonds is 6. The molecule has 1 aromatic heterocycles. The quantitative estimate of drug-likeness (QED) is 0.526. The zero-order valence-electron chi connectivity index (χ0n) is 16.0. The second-order valence-corrected chi connectivity index (χ2v) is 8.92. The molecule has 2 amide bonds. The van der Waals surface area contributed by atoms with Crippen molar-refractivity contribution in [3.8, 4) is 0 Å². The van der Waals surface area contributed by atoms with Crippen LogP contribution in [0.1, 0.15) is 10.5 Å². The third kappa shape index (κ3) is 3.85. The number of fused-ring (bicyclic) bond motifs is 1. The van der Waals surface area contributed by atoms with Gasteiger partial charge in [-0.3, -0.25) is 9.59 Å². The van der Waals surface area contributed by atoms with Gasteiger partial charge in [-0.15, -0.1) is 0 Å². The van der Waals surface area contributed by atoms with Crippen LogP contribution in [0, 0.1) is 0 Å². The van der Waals surface area contributed by atoms with Crippen LogP contribution in [-0.4, -0.2) is 48.7 Å². The van der Waals surface area contributed by atoms with E-state index in [0.29, 0.717) is 11.4 Å². The van der Waals surface area contributed by atoms with E-state index in [9.17, 15) is 18.0 Å². The Morgan fingerprint density at radius 1 is 1.10 bits per heavy atom. The Kier molecular flexibility index (Phi) is 5.15. The van der Waals surface area contributed by atoms with Gasteiger partial charge in [-0.05, 0) is 42.5 Å².